The Morgan fingerprint density at radius 1 is 0.593 bits per heavy atom. The van der Waals surface area contributed by atoms with Crippen LogP contribution in [-0.2, 0) is 0 Å². The molecule has 0 aromatic carbocycles. The second kappa shape index (κ2) is 7.60. The van der Waals surface area contributed by atoms with Crippen LogP contribution < -0.4 is 0 Å². The van der Waals surface area contributed by atoms with Gasteiger partial charge in [0.15, 0.2) is 0 Å². The first kappa shape index (κ1) is 20.7. The van der Waals surface area contributed by atoms with Gasteiger partial charge < -0.3 is 0 Å². The smallest absolute Gasteiger partial charge is 0.0449 e. The van der Waals surface area contributed by atoms with E-state index in [4.69, 9.17) is 0 Å². The Morgan fingerprint density at radius 2 is 1.15 bits per heavy atom. The SMILES string of the molecule is CC(C)C1CC([Si](C)(C)[Si](C)(C)C2CCC3CCCCC32)C2CCCCC12. The van der Waals surface area contributed by atoms with Crippen LogP contribution in [0.15, 0.2) is 0 Å². The summed E-state index contributed by atoms with van der Waals surface area (Å²) in [5.74, 6) is 6.49. The second-order valence-electron chi connectivity index (χ2n) is 12.7. The van der Waals surface area contributed by atoms with Crippen molar-refractivity contribution in [1.82, 2.24) is 0 Å². The van der Waals surface area contributed by atoms with Crippen molar-refractivity contribution < 1.29 is 0 Å². The van der Waals surface area contributed by atoms with Crippen LogP contribution in [-0.4, -0.2) is 15.2 Å². The third-order valence-corrected chi connectivity index (χ3v) is 31.8. The van der Waals surface area contributed by atoms with Crippen LogP contribution in [0.5, 0.6) is 0 Å². The topological polar surface area (TPSA) is 0 Å². The maximum atomic E-state index is 2.91. The average molecular weight is 405 g/mol. The van der Waals surface area contributed by atoms with Gasteiger partial charge >= 0.3 is 0 Å². The minimum atomic E-state index is -1.20. The molecule has 0 amide bonds. The lowest BCUT2D eigenvalue weighted by Gasteiger charge is -2.51. The number of fused-ring (bicyclic) bond motifs is 2. The molecule has 0 aromatic rings. The van der Waals surface area contributed by atoms with E-state index in [1.54, 1.807) is 64.2 Å². The van der Waals surface area contributed by atoms with Gasteiger partial charge in [-0.05, 0) is 59.4 Å². The van der Waals surface area contributed by atoms with E-state index in [-0.39, 0.29) is 0 Å². The quantitative estimate of drug-likeness (QED) is 0.413. The first-order valence-electron chi connectivity index (χ1n) is 12.7. The fraction of sp³-hybridized carbons (Fsp3) is 1.00. The van der Waals surface area contributed by atoms with Crippen LogP contribution in [0.1, 0.15) is 84.5 Å². The largest absolute Gasteiger partial charge is 0.0711 e. The predicted octanol–water partition coefficient (Wildman–Crippen LogP) is 8.30. The molecule has 7 atom stereocenters. The summed E-state index contributed by atoms with van der Waals surface area (Å²) in [6.45, 7) is 16.7. The van der Waals surface area contributed by atoms with Gasteiger partial charge in [-0.15, -0.1) is 0 Å². The van der Waals surface area contributed by atoms with Crippen molar-refractivity contribution in [2.75, 3.05) is 0 Å². The maximum Gasteiger partial charge on any atom is 0.0449 e. The normalized spacial score (nSPS) is 43.0. The average Bonchev–Trinajstić information content (AvgIpc) is 3.24. The molecule has 7 unspecified atom stereocenters. The summed E-state index contributed by atoms with van der Waals surface area (Å²) >= 11 is 0. The van der Waals surface area contributed by atoms with Gasteiger partial charge in [-0.1, -0.05) is 97.8 Å². The molecule has 4 aliphatic rings. The molecule has 4 saturated carbocycles. The van der Waals surface area contributed by atoms with Crippen molar-refractivity contribution in [3.05, 3.63) is 0 Å². The van der Waals surface area contributed by atoms with E-state index in [1.165, 1.54) is 17.5 Å². The van der Waals surface area contributed by atoms with E-state index in [2.05, 4.69) is 40.0 Å². The van der Waals surface area contributed by atoms with E-state index in [9.17, 15) is 0 Å². The van der Waals surface area contributed by atoms with Gasteiger partial charge in [-0.3, -0.25) is 0 Å². The fourth-order valence-electron chi connectivity index (χ4n) is 9.04. The summed E-state index contributed by atoms with van der Waals surface area (Å²) in [7, 11) is -2.37. The Kier molecular flexibility index (Phi) is 5.83. The zero-order chi connectivity index (χ0) is 19.4. The lowest BCUT2D eigenvalue weighted by atomic mass is 9.75. The van der Waals surface area contributed by atoms with Gasteiger partial charge in [-0.25, -0.2) is 0 Å². The summed E-state index contributed by atoms with van der Waals surface area (Å²) in [5, 5.41) is 0. The van der Waals surface area contributed by atoms with Crippen molar-refractivity contribution in [2.24, 2.45) is 35.5 Å². The molecule has 4 aliphatic carbocycles. The van der Waals surface area contributed by atoms with Crippen LogP contribution in [0.3, 0.4) is 0 Å². The Labute approximate surface area is 172 Å². The molecule has 2 heteroatoms. The molecular formula is C25H48Si2. The highest BCUT2D eigenvalue weighted by Gasteiger charge is 2.59. The van der Waals surface area contributed by atoms with E-state index in [0.717, 1.165) is 35.5 Å². The molecule has 0 N–H and O–H groups in total. The summed E-state index contributed by atoms with van der Waals surface area (Å²) in [5.41, 5.74) is 2.35. The van der Waals surface area contributed by atoms with Gasteiger partial charge in [0.05, 0.1) is 0 Å². The highest BCUT2D eigenvalue weighted by molar-refractivity contribution is 7.41. The van der Waals surface area contributed by atoms with Crippen LogP contribution in [0.2, 0.25) is 37.3 Å². The Balaban J connectivity index is 1.59. The first-order chi connectivity index (χ1) is 12.7. The third-order valence-electron chi connectivity index (χ3n) is 11.2. The molecule has 156 valence electrons. The molecule has 0 nitrogen and oxygen atoms in total. The fourth-order valence-corrected chi connectivity index (χ4v) is 23.5. The number of hydrogen-bond acceptors (Lipinski definition) is 0. The molecule has 0 aromatic heterocycles. The third kappa shape index (κ3) is 3.37. The van der Waals surface area contributed by atoms with Crippen LogP contribution >= 0.6 is 0 Å². The molecule has 27 heavy (non-hydrogen) atoms. The summed E-state index contributed by atoms with van der Waals surface area (Å²) in [4.78, 5) is 0. The van der Waals surface area contributed by atoms with Crippen LogP contribution in [0.25, 0.3) is 0 Å². The van der Waals surface area contributed by atoms with Gasteiger partial charge in [0.25, 0.3) is 0 Å². The van der Waals surface area contributed by atoms with Crippen molar-refractivity contribution in [2.45, 2.75) is 122 Å². The lowest BCUT2D eigenvalue weighted by molar-refractivity contribution is 0.193. The summed E-state index contributed by atoms with van der Waals surface area (Å²) < 4.78 is 0. The van der Waals surface area contributed by atoms with Gasteiger partial charge in [-0.2, -0.15) is 0 Å². The Hall–Kier alpha value is 0.434. The van der Waals surface area contributed by atoms with E-state index < -0.39 is 15.2 Å². The molecular weight excluding hydrogens is 356 g/mol. The zero-order valence-electron chi connectivity index (χ0n) is 19.4. The van der Waals surface area contributed by atoms with Crippen molar-refractivity contribution in [1.29, 1.82) is 0 Å². The van der Waals surface area contributed by atoms with Gasteiger partial charge in [0, 0.05) is 15.2 Å². The van der Waals surface area contributed by atoms with Gasteiger partial charge in [0.2, 0.25) is 0 Å². The van der Waals surface area contributed by atoms with E-state index in [0.29, 0.717) is 0 Å². The monoisotopic (exact) mass is 404 g/mol. The standard InChI is InChI=1S/C25H48Si2/c1-18(2)23-17-25(22-14-10-9-13-21(22)23)27(5,6)26(3,4)24-16-15-19-11-7-8-12-20(19)24/h18-25H,7-17H2,1-6H3. The van der Waals surface area contributed by atoms with E-state index in [1.807, 2.05) is 0 Å². The molecule has 0 heterocycles. The molecule has 0 aliphatic heterocycles. The minimum Gasteiger partial charge on any atom is -0.0711 e. The first-order valence-corrected chi connectivity index (χ1v) is 19.9. The highest BCUT2D eigenvalue weighted by atomic mass is 29.3. The van der Waals surface area contributed by atoms with Crippen LogP contribution in [0.4, 0.5) is 0 Å². The minimum absolute atomic E-state index is 0.921. The number of hydrogen-bond donors (Lipinski definition) is 0. The lowest BCUT2D eigenvalue weighted by Crippen LogP contribution is -2.62. The highest BCUT2D eigenvalue weighted by Crippen LogP contribution is 2.62. The molecule has 4 fully saturated rings. The summed E-state index contributed by atoms with van der Waals surface area (Å²) in [6, 6.07) is 0. The predicted molar refractivity (Wildman–Crippen MR) is 126 cm³/mol. The van der Waals surface area contributed by atoms with E-state index >= 15 is 0 Å². The molecule has 0 bridgehead atoms. The number of rotatable bonds is 4. The van der Waals surface area contributed by atoms with Crippen molar-refractivity contribution in [3.8, 4) is 0 Å². The summed E-state index contributed by atoms with van der Waals surface area (Å²) in [6.07, 6.45) is 17.4. The molecule has 0 spiro atoms. The Bertz CT molecular complexity index is 522. The molecule has 0 radical (unpaired) electrons. The van der Waals surface area contributed by atoms with Crippen molar-refractivity contribution >= 4 is 15.2 Å². The maximum absolute atomic E-state index is 2.91. The second-order valence-corrected chi connectivity index (χ2v) is 28.8. The molecule has 4 rings (SSSR count). The Morgan fingerprint density at radius 3 is 1.81 bits per heavy atom. The van der Waals surface area contributed by atoms with Crippen molar-refractivity contribution in [3.63, 3.8) is 0 Å². The van der Waals surface area contributed by atoms with Crippen LogP contribution in [0, 0.1) is 35.5 Å². The zero-order valence-corrected chi connectivity index (χ0v) is 21.4. The molecule has 0 saturated heterocycles. The van der Waals surface area contributed by atoms with Gasteiger partial charge in [0.1, 0.15) is 0 Å².